The number of nitrogens with one attached hydrogen (secondary N) is 1. The van der Waals surface area contributed by atoms with Crippen LogP contribution < -0.4 is 15.0 Å². The van der Waals surface area contributed by atoms with E-state index >= 15 is 0 Å². The Morgan fingerprint density at radius 1 is 1.24 bits per heavy atom. The van der Waals surface area contributed by atoms with Gasteiger partial charge in [0, 0.05) is 18.8 Å². The summed E-state index contributed by atoms with van der Waals surface area (Å²) in [5, 5.41) is 6.68. The first-order valence-corrected chi connectivity index (χ1v) is 6.37. The van der Waals surface area contributed by atoms with Crippen LogP contribution >= 0.6 is 0 Å². The predicted molar refractivity (Wildman–Crippen MR) is 75.0 cm³/mol. The molecule has 7 nitrogen and oxygen atoms in total. The average molecular weight is 286 g/mol. The maximum atomic E-state index is 12.5. The van der Waals surface area contributed by atoms with Gasteiger partial charge in [0.05, 0.1) is 19.0 Å². The van der Waals surface area contributed by atoms with E-state index < -0.39 is 12.1 Å². The van der Waals surface area contributed by atoms with Gasteiger partial charge in [-0.2, -0.15) is 5.10 Å². The lowest BCUT2D eigenvalue weighted by molar-refractivity contribution is -0.118. The maximum absolute atomic E-state index is 12.5. The van der Waals surface area contributed by atoms with Crippen LogP contribution in [0.2, 0.25) is 0 Å². The third kappa shape index (κ3) is 2.22. The number of amides is 3. The molecule has 1 aromatic heterocycles. The van der Waals surface area contributed by atoms with Gasteiger partial charge in [-0.15, -0.1) is 0 Å². The molecule has 1 aliphatic heterocycles. The number of aromatic nitrogens is 2. The number of carbonyl (C=O) groups is 2. The molecule has 21 heavy (non-hydrogen) atoms. The van der Waals surface area contributed by atoms with Crippen LogP contribution in [0, 0.1) is 0 Å². The Morgan fingerprint density at radius 2 is 1.95 bits per heavy atom. The molecule has 1 aliphatic rings. The minimum atomic E-state index is -0.701. The number of methoxy groups -OCH3 is 1. The SMILES string of the molecule is COc1ccc(N2C(=O)NC(c3cnn(C)c3)C2=O)cc1. The molecule has 1 saturated heterocycles. The van der Waals surface area contributed by atoms with Crippen molar-refractivity contribution in [3.8, 4) is 5.75 Å². The van der Waals surface area contributed by atoms with E-state index in [9.17, 15) is 9.59 Å². The number of carbonyl (C=O) groups excluding carboxylic acids is 2. The zero-order chi connectivity index (χ0) is 15.0. The van der Waals surface area contributed by atoms with Crippen molar-refractivity contribution in [1.29, 1.82) is 0 Å². The zero-order valence-electron chi connectivity index (χ0n) is 11.6. The molecule has 3 amide bonds. The largest absolute Gasteiger partial charge is 0.497 e. The second-order valence-corrected chi connectivity index (χ2v) is 4.70. The molecular formula is C14H14N4O3. The Morgan fingerprint density at radius 3 is 2.52 bits per heavy atom. The van der Waals surface area contributed by atoms with E-state index in [2.05, 4.69) is 10.4 Å². The Kier molecular flexibility index (Phi) is 3.09. The number of benzene rings is 1. The van der Waals surface area contributed by atoms with Crippen LogP contribution in [-0.2, 0) is 11.8 Å². The molecule has 2 heterocycles. The second kappa shape index (κ2) is 4.93. The second-order valence-electron chi connectivity index (χ2n) is 4.70. The van der Waals surface area contributed by atoms with E-state index in [0.29, 0.717) is 17.0 Å². The summed E-state index contributed by atoms with van der Waals surface area (Å²) in [4.78, 5) is 25.6. The van der Waals surface area contributed by atoms with Crippen molar-refractivity contribution >= 4 is 17.6 Å². The van der Waals surface area contributed by atoms with Crippen molar-refractivity contribution in [1.82, 2.24) is 15.1 Å². The van der Waals surface area contributed by atoms with Crippen LogP contribution in [0.1, 0.15) is 11.6 Å². The number of aryl methyl sites for hydroxylation is 1. The number of rotatable bonds is 3. The number of urea groups is 1. The molecule has 7 heteroatoms. The summed E-state index contributed by atoms with van der Waals surface area (Å²) in [5.74, 6) is 0.341. The van der Waals surface area contributed by atoms with Crippen molar-refractivity contribution in [2.24, 2.45) is 7.05 Å². The molecule has 2 aromatic rings. The Hall–Kier alpha value is -2.83. The monoisotopic (exact) mass is 286 g/mol. The number of anilines is 1. The van der Waals surface area contributed by atoms with Crippen LogP contribution in [0.25, 0.3) is 0 Å². The lowest BCUT2D eigenvalue weighted by Gasteiger charge is -2.13. The molecule has 3 rings (SSSR count). The van der Waals surface area contributed by atoms with Crippen LogP contribution in [0.3, 0.4) is 0 Å². The van der Waals surface area contributed by atoms with E-state index in [4.69, 9.17) is 4.74 Å². The molecule has 0 spiro atoms. The molecule has 1 aromatic carbocycles. The van der Waals surface area contributed by atoms with Gasteiger partial charge in [0.15, 0.2) is 0 Å². The van der Waals surface area contributed by atoms with E-state index in [1.165, 1.54) is 0 Å². The highest BCUT2D eigenvalue weighted by atomic mass is 16.5. The van der Waals surface area contributed by atoms with Crippen molar-refractivity contribution in [2.45, 2.75) is 6.04 Å². The number of hydrogen-bond acceptors (Lipinski definition) is 4. The first-order chi connectivity index (χ1) is 10.1. The fourth-order valence-corrected chi connectivity index (χ4v) is 2.27. The molecular weight excluding hydrogens is 272 g/mol. The fourth-order valence-electron chi connectivity index (χ4n) is 2.27. The molecule has 1 unspecified atom stereocenters. The Bertz CT molecular complexity index is 692. The summed E-state index contributed by atoms with van der Waals surface area (Å²) in [6.45, 7) is 0. The minimum absolute atomic E-state index is 0.321. The Labute approximate surface area is 121 Å². The molecule has 0 saturated carbocycles. The predicted octanol–water partition coefficient (Wildman–Crippen LogP) is 1.23. The molecule has 1 fully saturated rings. The smallest absolute Gasteiger partial charge is 0.329 e. The van der Waals surface area contributed by atoms with Crippen LogP contribution in [0.15, 0.2) is 36.7 Å². The lowest BCUT2D eigenvalue weighted by atomic mass is 10.1. The molecule has 0 radical (unpaired) electrons. The summed E-state index contributed by atoms with van der Waals surface area (Å²) in [7, 11) is 3.31. The molecule has 0 bridgehead atoms. The van der Waals surface area contributed by atoms with Crippen LogP contribution in [0.4, 0.5) is 10.5 Å². The highest BCUT2D eigenvalue weighted by Crippen LogP contribution is 2.27. The molecule has 1 N–H and O–H groups in total. The van der Waals surface area contributed by atoms with Crippen molar-refractivity contribution < 1.29 is 14.3 Å². The van der Waals surface area contributed by atoms with Gasteiger partial charge in [-0.3, -0.25) is 9.48 Å². The minimum Gasteiger partial charge on any atom is -0.497 e. The lowest BCUT2D eigenvalue weighted by Crippen LogP contribution is -2.30. The van der Waals surface area contributed by atoms with Gasteiger partial charge in [0.1, 0.15) is 11.8 Å². The van der Waals surface area contributed by atoms with E-state index in [1.54, 1.807) is 55.5 Å². The van der Waals surface area contributed by atoms with Gasteiger partial charge in [0.25, 0.3) is 5.91 Å². The Balaban J connectivity index is 1.89. The number of ether oxygens (including phenoxy) is 1. The third-order valence-electron chi connectivity index (χ3n) is 3.33. The average Bonchev–Trinajstić information content (AvgIpc) is 3.03. The summed E-state index contributed by atoms with van der Waals surface area (Å²) in [5.41, 5.74) is 1.16. The molecule has 108 valence electrons. The summed E-state index contributed by atoms with van der Waals surface area (Å²) < 4.78 is 6.65. The van der Waals surface area contributed by atoms with Gasteiger partial charge in [0.2, 0.25) is 0 Å². The van der Waals surface area contributed by atoms with Crippen molar-refractivity contribution in [3.05, 3.63) is 42.2 Å². The normalized spacial score (nSPS) is 18.0. The van der Waals surface area contributed by atoms with Gasteiger partial charge < -0.3 is 10.1 Å². The zero-order valence-corrected chi connectivity index (χ0v) is 11.6. The van der Waals surface area contributed by atoms with Crippen molar-refractivity contribution in [3.63, 3.8) is 0 Å². The highest BCUT2D eigenvalue weighted by molar-refractivity contribution is 6.21. The highest BCUT2D eigenvalue weighted by Gasteiger charge is 2.40. The number of hydrogen-bond donors (Lipinski definition) is 1. The molecule has 1 atom stereocenters. The van der Waals surface area contributed by atoms with Gasteiger partial charge in [-0.1, -0.05) is 0 Å². The quantitative estimate of drug-likeness (QED) is 0.861. The first-order valence-electron chi connectivity index (χ1n) is 6.37. The van der Waals surface area contributed by atoms with E-state index in [1.807, 2.05) is 0 Å². The number of imide groups is 1. The summed E-state index contributed by atoms with van der Waals surface area (Å²) in [6.07, 6.45) is 3.28. The van der Waals surface area contributed by atoms with E-state index in [0.717, 1.165) is 4.90 Å². The van der Waals surface area contributed by atoms with Gasteiger partial charge in [-0.05, 0) is 24.3 Å². The van der Waals surface area contributed by atoms with E-state index in [-0.39, 0.29) is 5.91 Å². The standard InChI is InChI=1S/C14H14N4O3/c1-17-8-9(7-15-17)12-13(19)18(14(20)16-12)10-3-5-11(21-2)6-4-10/h3-8,12H,1-2H3,(H,16,20). The van der Waals surface area contributed by atoms with Crippen LogP contribution in [-0.4, -0.2) is 28.8 Å². The van der Waals surface area contributed by atoms with Crippen molar-refractivity contribution in [2.75, 3.05) is 12.0 Å². The first kappa shape index (κ1) is 13.2. The fraction of sp³-hybridized carbons (Fsp3) is 0.214. The summed E-state index contributed by atoms with van der Waals surface area (Å²) >= 11 is 0. The number of nitrogens with zero attached hydrogens (tertiary/aromatic N) is 3. The van der Waals surface area contributed by atoms with Crippen LogP contribution in [0.5, 0.6) is 5.75 Å². The summed E-state index contributed by atoms with van der Waals surface area (Å²) in [6, 6.07) is 5.59. The third-order valence-corrected chi connectivity index (χ3v) is 3.33. The maximum Gasteiger partial charge on any atom is 0.329 e. The molecule has 0 aliphatic carbocycles. The topological polar surface area (TPSA) is 76.5 Å². The van der Waals surface area contributed by atoms with Gasteiger partial charge in [-0.25, -0.2) is 9.69 Å². The van der Waals surface area contributed by atoms with Gasteiger partial charge >= 0.3 is 6.03 Å².